The van der Waals surface area contributed by atoms with Crippen molar-refractivity contribution in [2.75, 3.05) is 6.61 Å². The molecule has 2 fully saturated rings. The van der Waals surface area contributed by atoms with Crippen LogP contribution in [0.15, 0.2) is 12.1 Å². The van der Waals surface area contributed by atoms with E-state index in [1.54, 1.807) is 12.1 Å². The van der Waals surface area contributed by atoms with Crippen molar-refractivity contribution in [3.63, 3.8) is 0 Å². The van der Waals surface area contributed by atoms with Crippen molar-refractivity contribution < 1.29 is 13.5 Å². The first-order chi connectivity index (χ1) is 15.1. The molecule has 0 heterocycles. The van der Waals surface area contributed by atoms with Crippen molar-refractivity contribution in [2.45, 2.75) is 116 Å². The maximum Gasteiger partial charge on any atom is 0.200 e. The lowest BCUT2D eigenvalue weighted by molar-refractivity contribution is 0.155. The molecule has 0 radical (unpaired) electrons. The van der Waals surface area contributed by atoms with Gasteiger partial charge in [-0.1, -0.05) is 71.3 Å². The second-order valence-corrected chi connectivity index (χ2v) is 10.2. The molecule has 0 spiro atoms. The maximum absolute atomic E-state index is 14.8. The van der Waals surface area contributed by atoms with Gasteiger partial charge in [0.05, 0.1) is 6.61 Å². The van der Waals surface area contributed by atoms with E-state index in [9.17, 15) is 8.78 Å². The van der Waals surface area contributed by atoms with Crippen molar-refractivity contribution >= 4 is 0 Å². The first-order valence-corrected chi connectivity index (χ1v) is 13.2. The van der Waals surface area contributed by atoms with E-state index in [4.69, 9.17) is 4.74 Å². The van der Waals surface area contributed by atoms with Crippen molar-refractivity contribution in [1.82, 2.24) is 0 Å². The molecule has 2 saturated carbocycles. The minimum Gasteiger partial charge on any atom is -0.490 e. The summed E-state index contributed by atoms with van der Waals surface area (Å²) < 4.78 is 35.0. The van der Waals surface area contributed by atoms with E-state index in [2.05, 4.69) is 13.8 Å². The number of halogens is 2. The van der Waals surface area contributed by atoms with Gasteiger partial charge in [0.25, 0.3) is 0 Å². The fraction of sp³-hybridized carbons (Fsp3) is 0.786. The zero-order valence-corrected chi connectivity index (χ0v) is 19.9. The molecule has 1 aromatic carbocycles. The number of rotatable bonds is 11. The normalized spacial score (nSPS) is 26.7. The highest BCUT2D eigenvalue weighted by molar-refractivity contribution is 5.33. The van der Waals surface area contributed by atoms with Crippen molar-refractivity contribution in [3.8, 4) is 5.75 Å². The van der Waals surface area contributed by atoms with Gasteiger partial charge < -0.3 is 4.74 Å². The highest BCUT2D eigenvalue weighted by atomic mass is 19.2. The molecule has 176 valence electrons. The highest BCUT2D eigenvalue weighted by Gasteiger charge is 2.32. The Kier molecular flexibility index (Phi) is 10.1. The standard InChI is InChI=1S/C28H44F2O/c1-3-5-6-7-8-20-31-26-19-18-25(27(29)28(26)30)24-16-14-23(15-17-24)22-12-10-21(9-4-2)11-13-22/h18-19,21-24H,3-17,20H2,1-2H3. The Hall–Kier alpha value is -1.12. The van der Waals surface area contributed by atoms with Gasteiger partial charge in [-0.15, -0.1) is 0 Å². The molecule has 0 N–H and O–H groups in total. The monoisotopic (exact) mass is 434 g/mol. The molecule has 0 bridgehead atoms. The molecule has 0 saturated heterocycles. The second kappa shape index (κ2) is 12.8. The van der Waals surface area contributed by atoms with Crippen LogP contribution in [-0.4, -0.2) is 6.61 Å². The third kappa shape index (κ3) is 6.93. The average molecular weight is 435 g/mol. The Morgan fingerprint density at radius 2 is 1.39 bits per heavy atom. The van der Waals surface area contributed by atoms with Gasteiger partial charge >= 0.3 is 0 Å². The molecule has 0 aromatic heterocycles. The molecule has 0 unspecified atom stereocenters. The van der Waals surface area contributed by atoms with Crippen LogP contribution in [-0.2, 0) is 0 Å². The third-order valence-corrected chi connectivity index (χ3v) is 8.05. The van der Waals surface area contributed by atoms with Gasteiger partial charge in [-0.2, -0.15) is 4.39 Å². The van der Waals surface area contributed by atoms with Crippen molar-refractivity contribution in [3.05, 3.63) is 29.3 Å². The molecule has 0 atom stereocenters. The summed E-state index contributed by atoms with van der Waals surface area (Å²) in [4.78, 5) is 0. The molecule has 0 aliphatic heterocycles. The lowest BCUT2D eigenvalue weighted by Gasteiger charge is -2.38. The Balaban J connectivity index is 1.46. The fourth-order valence-electron chi connectivity index (χ4n) is 6.12. The minimum atomic E-state index is -0.789. The Morgan fingerprint density at radius 1 is 0.742 bits per heavy atom. The van der Waals surface area contributed by atoms with E-state index >= 15 is 0 Å². The van der Waals surface area contributed by atoms with Crippen LogP contribution in [0.1, 0.15) is 122 Å². The molecular formula is C28H44F2O. The van der Waals surface area contributed by atoms with E-state index in [1.165, 1.54) is 70.6 Å². The van der Waals surface area contributed by atoms with Crippen LogP contribution in [0.3, 0.4) is 0 Å². The SMILES string of the molecule is CCCCCCCOc1ccc(C2CCC(C3CCC(CCC)CC3)CC2)c(F)c1F. The molecule has 2 aliphatic rings. The molecule has 3 heteroatoms. The summed E-state index contributed by atoms with van der Waals surface area (Å²) in [5, 5.41) is 0. The molecule has 3 rings (SSSR count). The Morgan fingerprint density at radius 3 is 2.03 bits per heavy atom. The second-order valence-electron chi connectivity index (χ2n) is 10.2. The van der Waals surface area contributed by atoms with Crippen molar-refractivity contribution in [2.24, 2.45) is 17.8 Å². The zero-order valence-electron chi connectivity index (χ0n) is 19.9. The lowest BCUT2D eigenvalue weighted by Crippen LogP contribution is -2.25. The smallest absolute Gasteiger partial charge is 0.200 e. The lowest BCUT2D eigenvalue weighted by atomic mass is 9.68. The van der Waals surface area contributed by atoms with Gasteiger partial charge in [-0.25, -0.2) is 4.39 Å². The predicted molar refractivity (Wildman–Crippen MR) is 126 cm³/mol. The van der Waals surface area contributed by atoms with Crippen LogP contribution in [0.4, 0.5) is 8.78 Å². The number of ether oxygens (including phenoxy) is 1. The molecule has 0 amide bonds. The van der Waals surface area contributed by atoms with Crippen LogP contribution >= 0.6 is 0 Å². The summed E-state index contributed by atoms with van der Waals surface area (Å²) >= 11 is 0. The average Bonchev–Trinajstić information content (AvgIpc) is 2.80. The van der Waals surface area contributed by atoms with E-state index in [1.807, 2.05) is 0 Å². The van der Waals surface area contributed by atoms with E-state index in [-0.39, 0.29) is 11.7 Å². The van der Waals surface area contributed by atoms with Gasteiger partial charge in [0, 0.05) is 0 Å². The largest absolute Gasteiger partial charge is 0.490 e. The summed E-state index contributed by atoms with van der Waals surface area (Å²) in [5.41, 5.74) is 0.567. The Labute approximate surface area is 189 Å². The topological polar surface area (TPSA) is 9.23 Å². The summed E-state index contributed by atoms with van der Waals surface area (Å²) in [7, 11) is 0. The van der Waals surface area contributed by atoms with Gasteiger partial charge in [0.1, 0.15) is 0 Å². The van der Waals surface area contributed by atoms with Gasteiger partial charge in [-0.05, 0) is 80.2 Å². The van der Waals surface area contributed by atoms with Gasteiger partial charge in [0.2, 0.25) is 5.82 Å². The molecular weight excluding hydrogens is 390 g/mol. The van der Waals surface area contributed by atoms with E-state index in [0.717, 1.165) is 43.4 Å². The summed E-state index contributed by atoms with van der Waals surface area (Å²) in [6, 6.07) is 3.44. The maximum atomic E-state index is 14.8. The number of unbranched alkanes of at least 4 members (excludes halogenated alkanes) is 4. The molecule has 1 aromatic rings. The van der Waals surface area contributed by atoms with E-state index in [0.29, 0.717) is 12.2 Å². The highest BCUT2D eigenvalue weighted by Crippen LogP contribution is 2.45. The number of benzene rings is 1. The van der Waals surface area contributed by atoms with Crippen LogP contribution in [0, 0.1) is 29.4 Å². The number of hydrogen-bond acceptors (Lipinski definition) is 1. The first-order valence-electron chi connectivity index (χ1n) is 13.2. The Bertz CT molecular complexity index is 643. The summed E-state index contributed by atoms with van der Waals surface area (Å²) in [6.45, 7) is 4.94. The van der Waals surface area contributed by atoms with Crippen LogP contribution in [0.2, 0.25) is 0 Å². The molecule has 2 aliphatic carbocycles. The molecule has 1 nitrogen and oxygen atoms in total. The van der Waals surface area contributed by atoms with Crippen LogP contribution in [0.5, 0.6) is 5.75 Å². The van der Waals surface area contributed by atoms with Gasteiger partial charge in [-0.3, -0.25) is 0 Å². The van der Waals surface area contributed by atoms with E-state index < -0.39 is 11.6 Å². The fourth-order valence-corrected chi connectivity index (χ4v) is 6.12. The number of hydrogen-bond donors (Lipinski definition) is 0. The quantitative estimate of drug-likeness (QED) is 0.315. The summed E-state index contributed by atoms with van der Waals surface area (Å²) in [6.07, 6.45) is 18.2. The first kappa shape index (κ1) is 24.5. The summed E-state index contributed by atoms with van der Waals surface area (Å²) in [5.74, 6) is 1.38. The van der Waals surface area contributed by atoms with Crippen LogP contribution < -0.4 is 4.74 Å². The minimum absolute atomic E-state index is 0.0780. The third-order valence-electron chi connectivity index (χ3n) is 8.05. The molecule has 31 heavy (non-hydrogen) atoms. The van der Waals surface area contributed by atoms with Crippen molar-refractivity contribution in [1.29, 1.82) is 0 Å². The van der Waals surface area contributed by atoms with Gasteiger partial charge in [0.15, 0.2) is 11.6 Å². The van der Waals surface area contributed by atoms with Crippen LogP contribution in [0.25, 0.3) is 0 Å². The zero-order chi connectivity index (χ0) is 22.1. The predicted octanol–water partition coefficient (Wildman–Crippen LogP) is 9.19.